The van der Waals surface area contributed by atoms with Gasteiger partial charge < -0.3 is 0 Å². The van der Waals surface area contributed by atoms with Crippen molar-refractivity contribution in [1.82, 2.24) is 5.06 Å². The fraction of sp³-hybridized carbons (Fsp3) is 1.00. The number of nitrogens with zero attached hydrogens (tertiary/aromatic N) is 1. The van der Waals surface area contributed by atoms with E-state index in [1.165, 1.54) is 0 Å². The van der Waals surface area contributed by atoms with Gasteiger partial charge in [0.25, 0.3) is 0 Å². The van der Waals surface area contributed by atoms with E-state index in [1.54, 1.807) is 0 Å². The predicted molar refractivity (Wildman–Crippen MR) is 44.5 cm³/mol. The summed E-state index contributed by atoms with van der Waals surface area (Å²) in [6.07, 6.45) is -13.2. The van der Waals surface area contributed by atoms with Gasteiger partial charge in [-0.15, -0.1) is 10.3 Å². The fourth-order valence-corrected chi connectivity index (χ4v) is 0.565. The van der Waals surface area contributed by atoms with E-state index in [2.05, 4.69) is 0 Å². The summed E-state index contributed by atoms with van der Waals surface area (Å²) >= 11 is 0. The molecule has 0 aliphatic carbocycles. The van der Waals surface area contributed by atoms with Crippen LogP contribution in [-0.2, 0) is 5.21 Å². The molecule has 1 rings (SSSR count). The quantitative estimate of drug-likeness (QED) is 0.553. The Labute approximate surface area is 94.5 Å². The standard InChI is InChI=1S/C9H18NO/c1-8(2)6-5-7-9(3,4)10(8)11/h5-7H2,1-4H3/i1D3,2D3,3D3,4D3,5D2,6D2,7D2. The second kappa shape index (κ2) is 2.46. The molecule has 1 fully saturated rings. The number of hydrogen-bond donors (Lipinski definition) is 0. The third-order valence-electron chi connectivity index (χ3n) is 1.10. The number of hydrogen-bond acceptors (Lipinski definition) is 1. The maximum absolute atomic E-state index is 13.3. The molecule has 2 nitrogen and oxygen atoms in total. The van der Waals surface area contributed by atoms with Gasteiger partial charge in [-0.25, -0.2) is 0 Å². The molecule has 2 heteroatoms. The first-order chi connectivity index (χ1) is 12.2. The van der Waals surface area contributed by atoms with Crippen LogP contribution in [0.2, 0.25) is 0 Å². The van der Waals surface area contributed by atoms with Gasteiger partial charge in [-0.3, -0.25) is 0 Å². The number of hydroxylamine groups is 2. The summed E-state index contributed by atoms with van der Waals surface area (Å²) < 4.78 is 138. The van der Waals surface area contributed by atoms with E-state index in [0.717, 1.165) is 0 Å². The highest BCUT2D eigenvalue weighted by Gasteiger charge is 2.41. The van der Waals surface area contributed by atoms with Crippen molar-refractivity contribution in [3.05, 3.63) is 0 Å². The zero-order chi connectivity index (χ0) is 24.1. The highest BCUT2D eigenvalue weighted by Crippen LogP contribution is 2.36. The average Bonchev–Trinajstić information content (AvgIpc) is 2.29. The molecule has 0 unspecified atom stereocenters. The molecule has 0 bridgehead atoms. The lowest BCUT2D eigenvalue weighted by molar-refractivity contribution is -0.286. The summed E-state index contributed by atoms with van der Waals surface area (Å²) in [6.45, 7) is -17.2. The normalized spacial score (nSPS) is 72.8. The molecule has 0 N–H and O–H groups in total. The Morgan fingerprint density at radius 1 is 1.27 bits per heavy atom. The molecule has 65 valence electrons. The molecule has 0 aromatic rings. The van der Waals surface area contributed by atoms with Gasteiger partial charge >= 0.3 is 0 Å². The molecule has 1 radical (unpaired) electrons. The monoisotopic (exact) mass is 174 g/mol. The third kappa shape index (κ3) is 1.57. The molecule has 1 aliphatic heterocycles. The molecular formula is C9H18NO. The summed E-state index contributed by atoms with van der Waals surface area (Å²) in [7, 11) is 0. The SMILES string of the molecule is [2H]C([2H])([2H])C1(C([2H])([2H])[2H])N([O])C(C([2H])([2H])[2H])(C([2H])([2H])[2H])C([2H])([2H])C([2H])([2H])C1([2H])[2H]. The molecule has 1 heterocycles. The lowest BCUT2D eigenvalue weighted by Gasteiger charge is -2.46. The van der Waals surface area contributed by atoms with Gasteiger partial charge in [-0.1, -0.05) is 0 Å². The first kappa shape index (κ1) is 1.28. The minimum absolute atomic E-state index is 1.57. The van der Waals surface area contributed by atoms with Crippen LogP contribution in [-0.4, -0.2) is 16.1 Å². The van der Waals surface area contributed by atoms with Crippen LogP contribution in [0.1, 0.15) is 71.2 Å². The Balaban J connectivity index is 4.52. The minimum Gasteiger partial charge on any atom is -0.144 e. The van der Waals surface area contributed by atoms with Crippen LogP contribution in [0.4, 0.5) is 0 Å². The Kier molecular flexibility index (Phi) is 0.287. The minimum atomic E-state index is -4.58. The highest BCUT2D eigenvalue weighted by atomic mass is 16.5. The van der Waals surface area contributed by atoms with E-state index in [0.29, 0.717) is 0 Å². The van der Waals surface area contributed by atoms with Crippen molar-refractivity contribution in [1.29, 1.82) is 0 Å². The highest BCUT2D eigenvalue weighted by molar-refractivity contribution is 4.91. The van der Waals surface area contributed by atoms with Crippen molar-refractivity contribution >= 4 is 0 Å². The molecule has 0 atom stereocenters. The zero-order valence-electron chi connectivity index (χ0n) is 23.4. The van der Waals surface area contributed by atoms with E-state index < -0.39 is 62.7 Å². The van der Waals surface area contributed by atoms with Crippen molar-refractivity contribution < 1.29 is 29.9 Å². The van der Waals surface area contributed by atoms with E-state index in [1.807, 2.05) is 0 Å². The first-order valence-electron chi connectivity index (χ1n) is 11.6. The molecule has 0 amide bonds. The van der Waals surface area contributed by atoms with Crippen molar-refractivity contribution in [2.24, 2.45) is 0 Å². The van der Waals surface area contributed by atoms with Crippen molar-refractivity contribution in [2.75, 3.05) is 0 Å². The second-order valence-electron chi connectivity index (χ2n) is 2.09. The van der Waals surface area contributed by atoms with E-state index >= 15 is 0 Å². The summed E-state index contributed by atoms with van der Waals surface area (Å²) in [5.41, 5.74) is -9.16. The Bertz CT molecular complexity index is 566. The smallest absolute Gasteiger partial charge is 0.0443 e. The van der Waals surface area contributed by atoms with Gasteiger partial charge in [-0.2, -0.15) is 0 Å². The van der Waals surface area contributed by atoms with Crippen LogP contribution in [0.15, 0.2) is 0 Å². The molecule has 1 aliphatic rings. The number of piperidine rings is 1. The summed E-state index contributed by atoms with van der Waals surface area (Å²) in [5.74, 6) is 0. The lowest BCUT2D eigenvalue weighted by Crippen LogP contribution is -2.55. The molecule has 11 heavy (non-hydrogen) atoms. The lowest BCUT2D eigenvalue weighted by atomic mass is 9.82. The molecule has 0 aromatic heterocycles. The summed E-state index contributed by atoms with van der Waals surface area (Å²) in [4.78, 5) is 0. The molecule has 1 saturated heterocycles. The van der Waals surface area contributed by atoms with Crippen LogP contribution < -0.4 is 0 Å². The summed E-state index contributed by atoms with van der Waals surface area (Å²) in [6, 6.07) is 0. The summed E-state index contributed by atoms with van der Waals surface area (Å²) in [5, 5.41) is 11.7. The Morgan fingerprint density at radius 2 is 1.73 bits per heavy atom. The average molecular weight is 174 g/mol. The maximum atomic E-state index is 13.3. The van der Waals surface area contributed by atoms with Crippen molar-refractivity contribution in [3.63, 3.8) is 0 Å². The largest absolute Gasteiger partial charge is 0.144 e. The van der Waals surface area contributed by atoms with E-state index in [-0.39, 0.29) is 0 Å². The predicted octanol–water partition coefficient (Wildman–Crippen LogP) is 2.38. The van der Waals surface area contributed by atoms with Crippen molar-refractivity contribution in [3.8, 4) is 0 Å². The second-order valence-corrected chi connectivity index (χ2v) is 2.09. The Morgan fingerprint density at radius 3 is 2.09 bits per heavy atom. The number of rotatable bonds is 0. The molecule has 0 spiro atoms. The van der Waals surface area contributed by atoms with Crippen LogP contribution in [0.3, 0.4) is 0 Å². The van der Waals surface area contributed by atoms with Gasteiger partial charge in [0.05, 0.1) is 0 Å². The van der Waals surface area contributed by atoms with E-state index in [4.69, 9.17) is 24.7 Å². The fourth-order valence-electron chi connectivity index (χ4n) is 0.565. The Hall–Kier alpha value is -0.0800. The van der Waals surface area contributed by atoms with E-state index in [9.17, 15) is 5.21 Å². The molecular weight excluding hydrogens is 138 g/mol. The van der Waals surface area contributed by atoms with Gasteiger partial charge in [-0.05, 0) is 46.5 Å². The van der Waals surface area contributed by atoms with Gasteiger partial charge in [0.15, 0.2) is 0 Å². The van der Waals surface area contributed by atoms with Crippen LogP contribution in [0.25, 0.3) is 0 Å². The van der Waals surface area contributed by atoms with Gasteiger partial charge in [0.2, 0.25) is 0 Å². The van der Waals surface area contributed by atoms with Crippen molar-refractivity contribution in [2.45, 2.75) is 57.6 Å². The molecule has 0 aromatic carbocycles. The maximum Gasteiger partial charge on any atom is 0.0443 e. The molecule has 0 saturated carbocycles. The zero-order valence-corrected chi connectivity index (χ0v) is 5.36. The first-order valence-corrected chi connectivity index (χ1v) is 2.63. The van der Waals surface area contributed by atoms with Gasteiger partial charge in [0, 0.05) is 35.8 Å². The topological polar surface area (TPSA) is 23.1 Å². The van der Waals surface area contributed by atoms with Crippen LogP contribution >= 0.6 is 0 Å². The van der Waals surface area contributed by atoms with Crippen LogP contribution in [0, 0.1) is 0 Å². The van der Waals surface area contributed by atoms with Crippen LogP contribution in [0.5, 0.6) is 0 Å². The third-order valence-corrected chi connectivity index (χ3v) is 1.10. The van der Waals surface area contributed by atoms with Gasteiger partial charge in [0.1, 0.15) is 0 Å².